The van der Waals surface area contributed by atoms with Crippen molar-refractivity contribution in [3.05, 3.63) is 78.4 Å². The van der Waals surface area contributed by atoms with Gasteiger partial charge in [0.25, 0.3) is 0 Å². The van der Waals surface area contributed by atoms with Crippen molar-refractivity contribution in [1.82, 2.24) is 0 Å². The van der Waals surface area contributed by atoms with Crippen LogP contribution >= 0.6 is 0 Å². The molecule has 2 radical (unpaired) electrons. The molecule has 29 heavy (non-hydrogen) atoms. The average molecular weight is 383 g/mol. The van der Waals surface area contributed by atoms with E-state index in [-0.39, 0.29) is 5.31 Å². The Bertz CT molecular complexity index is 815. The summed E-state index contributed by atoms with van der Waals surface area (Å²) in [6.45, 7) is 10.1. The fourth-order valence-corrected chi connectivity index (χ4v) is 4.41. The van der Waals surface area contributed by atoms with E-state index < -0.39 is 0 Å². The quantitative estimate of drug-likeness (QED) is 0.199. The van der Waals surface area contributed by atoms with Crippen molar-refractivity contribution in [2.24, 2.45) is 11.8 Å². The largest absolute Gasteiger partial charge is 0.377 e. The van der Waals surface area contributed by atoms with Gasteiger partial charge in [0, 0.05) is 25.3 Å². The highest BCUT2D eigenvalue weighted by atomic mass is 15.1. The molecule has 1 aromatic carbocycles. The first kappa shape index (κ1) is 22.9. The van der Waals surface area contributed by atoms with Crippen molar-refractivity contribution < 1.29 is 0 Å². The Morgan fingerprint density at radius 1 is 1.38 bits per heavy atom. The summed E-state index contributed by atoms with van der Waals surface area (Å²) >= 11 is 0. The number of hydrogen-bond donors (Lipinski definition) is 0. The third-order valence-corrected chi connectivity index (χ3v) is 6.05. The second kappa shape index (κ2) is 10.4. The van der Waals surface area contributed by atoms with Gasteiger partial charge in [0.1, 0.15) is 0 Å². The lowest BCUT2D eigenvalue weighted by Gasteiger charge is -2.49. The lowest BCUT2D eigenvalue weighted by atomic mass is 9.46. The van der Waals surface area contributed by atoms with E-state index in [1.807, 2.05) is 25.1 Å². The summed E-state index contributed by atoms with van der Waals surface area (Å²) in [7, 11) is 10.8. The maximum absolute atomic E-state index is 6.66. The third kappa shape index (κ3) is 6.04. The van der Waals surface area contributed by atoms with Gasteiger partial charge >= 0.3 is 0 Å². The van der Waals surface area contributed by atoms with Gasteiger partial charge in [0.2, 0.25) is 0 Å². The van der Waals surface area contributed by atoms with Crippen LogP contribution < -0.4 is 4.90 Å². The zero-order chi connectivity index (χ0) is 21.4. The van der Waals surface area contributed by atoms with E-state index in [0.717, 1.165) is 37.7 Å². The standard InChI is InChI=1S/C27H34BN/c1-7-11-12-22(9-3)18-27(28)19-25(20-27)23(10-4)15-16-24-14-13-21(8-2)17-26(24)29(5)6/h2,7,9-14,17,23,25H,3-4,15-16,18-20H2,1,5-6H3/b11-7-,22-12+. The zero-order valence-electron chi connectivity index (χ0n) is 18.3. The van der Waals surface area contributed by atoms with Crippen LogP contribution in [0, 0.1) is 24.2 Å². The summed E-state index contributed by atoms with van der Waals surface area (Å²) in [5, 5.41) is -0.114. The normalized spacial score (nSPS) is 22.6. The van der Waals surface area contributed by atoms with E-state index in [4.69, 9.17) is 14.3 Å². The molecule has 1 atom stereocenters. The Balaban J connectivity index is 1.98. The van der Waals surface area contributed by atoms with Crippen LogP contribution in [-0.4, -0.2) is 21.9 Å². The maximum atomic E-state index is 6.66. The third-order valence-electron chi connectivity index (χ3n) is 6.05. The number of aryl methyl sites for hydroxylation is 1. The highest BCUT2D eigenvalue weighted by molar-refractivity contribution is 6.16. The molecule has 0 amide bonds. The molecule has 0 N–H and O–H groups in total. The minimum Gasteiger partial charge on any atom is -0.377 e. The minimum atomic E-state index is -0.114. The molecule has 0 heterocycles. The predicted octanol–water partition coefficient (Wildman–Crippen LogP) is 6.28. The number of allylic oxidation sites excluding steroid dienone is 6. The second-order valence-electron chi connectivity index (χ2n) is 8.50. The first-order valence-corrected chi connectivity index (χ1v) is 10.5. The van der Waals surface area contributed by atoms with Gasteiger partial charge in [-0.3, -0.25) is 0 Å². The monoisotopic (exact) mass is 383 g/mol. The topological polar surface area (TPSA) is 3.24 Å². The van der Waals surface area contributed by atoms with Gasteiger partial charge in [-0.05, 0) is 61.3 Å². The molecule has 0 saturated heterocycles. The molecule has 1 fully saturated rings. The number of nitrogens with zero attached hydrogens (tertiary/aromatic N) is 1. The number of rotatable bonds is 10. The molecule has 1 aliphatic carbocycles. The zero-order valence-corrected chi connectivity index (χ0v) is 18.3. The maximum Gasteiger partial charge on any atom is 0.0751 e. The lowest BCUT2D eigenvalue weighted by molar-refractivity contribution is 0.158. The van der Waals surface area contributed by atoms with Gasteiger partial charge < -0.3 is 4.90 Å². The number of anilines is 1. The minimum absolute atomic E-state index is 0.114. The Labute approximate surface area is 179 Å². The summed E-state index contributed by atoms with van der Waals surface area (Å²) in [4.78, 5) is 2.14. The molecular formula is C27H34BN. The fourth-order valence-electron chi connectivity index (χ4n) is 4.41. The van der Waals surface area contributed by atoms with Crippen LogP contribution in [0.15, 0.2) is 67.3 Å². The smallest absolute Gasteiger partial charge is 0.0751 e. The second-order valence-corrected chi connectivity index (χ2v) is 8.50. The predicted molar refractivity (Wildman–Crippen MR) is 130 cm³/mol. The van der Waals surface area contributed by atoms with Gasteiger partial charge in [-0.25, -0.2) is 0 Å². The molecule has 1 aliphatic rings. The van der Waals surface area contributed by atoms with E-state index >= 15 is 0 Å². The molecule has 150 valence electrons. The van der Waals surface area contributed by atoms with Crippen molar-refractivity contribution >= 4 is 13.5 Å². The summed E-state index contributed by atoms with van der Waals surface area (Å²) < 4.78 is 0. The molecule has 0 bridgehead atoms. The van der Waals surface area contributed by atoms with Crippen molar-refractivity contribution in [1.29, 1.82) is 0 Å². The van der Waals surface area contributed by atoms with Crippen molar-refractivity contribution in [2.45, 2.75) is 44.3 Å². The molecule has 0 aromatic heterocycles. The van der Waals surface area contributed by atoms with Gasteiger partial charge in [-0.1, -0.05) is 67.1 Å². The van der Waals surface area contributed by atoms with Crippen LogP contribution in [0.25, 0.3) is 0 Å². The number of hydrogen-bond acceptors (Lipinski definition) is 1. The van der Waals surface area contributed by atoms with Crippen molar-refractivity contribution in [3.8, 4) is 12.3 Å². The highest BCUT2D eigenvalue weighted by Gasteiger charge is 2.42. The van der Waals surface area contributed by atoms with E-state index in [1.165, 1.54) is 16.8 Å². The number of terminal acetylenes is 1. The Hall–Kier alpha value is -2.40. The Morgan fingerprint density at radius 2 is 2.10 bits per heavy atom. The Kier molecular flexibility index (Phi) is 8.21. The van der Waals surface area contributed by atoms with E-state index in [0.29, 0.717) is 11.8 Å². The molecule has 1 saturated carbocycles. The molecule has 1 aromatic rings. The van der Waals surface area contributed by atoms with Crippen molar-refractivity contribution in [2.75, 3.05) is 19.0 Å². The molecule has 1 nitrogen and oxygen atoms in total. The van der Waals surface area contributed by atoms with Gasteiger partial charge in [0.05, 0.1) is 7.85 Å². The van der Waals surface area contributed by atoms with Crippen LogP contribution in [0.1, 0.15) is 43.7 Å². The van der Waals surface area contributed by atoms with Gasteiger partial charge in [-0.15, -0.1) is 13.0 Å². The SMILES string of the molecule is [B]C1(C/C(C=C)=C/C=C\C)CC(C(C=C)CCc2ccc(C#C)cc2N(C)C)C1. The number of benzene rings is 1. The van der Waals surface area contributed by atoms with E-state index in [2.05, 4.69) is 68.4 Å². The van der Waals surface area contributed by atoms with Crippen LogP contribution in [-0.2, 0) is 6.42 Å². The fraction of sp³-hybridized carbons (Fsp3) is 0.407. The lowest BCUT2D eigenvalue weighted by Crippen LogP contribution is -2.36. The van der Waals surface area contributed by atoms with E-state index in [1.54, 1.807) is 0 Å². The van der Waals surface area contributed by atoms with Gasteiger partial charge in [0.15, 0.2) is 0 Å². The average Bonchev–Trinajstić information content (AvgIpc) is 2.70. The van der Waals surface area contributed by atoms with E-state index in [9.17, 15) is 0 Å². The molecule has 0 spiro atoms. The summed E-state index contributed by atoms with van der Waals surface area (Å²) in [6.07, 6.45) is 20.9. The van der Waals surface area contributed by atoms with Crippen LogP contribution in [0.5, 0.6) is 0 Å². The molecular weight excluding hydrogens is 349 g/mol. The first-order valence-electron chi connectivity index (χ1n) is 10.5. The first-order chi connectivity index (χ1) is 13.9. The molecule has 1 unspecified atom stereocenters. The summed E-state index contributed by atoms with van der Waals surface area (Å²) in [5.74, 6) is 3.83. The van der Waals surface area contributed by atoms with Crippen LogP contribution in [0.4, 0.5) is 5.69 Å². The molecule has 0 aliphatic heterocycles. The Morgan fingerprint density at radius 3 is 2.66 bits per heavy atom. The summed E-state index contributed by atoms with van der Waals surface area (Å²) in [6, 6.07) is 6.30. The van der Waals surface area contributed by atoms with Crippen molar-refractivity contribution in [3.63, 3.8) is 0 Å². The molecule has 2 heteroatoms. The van der Waals surface area contributed by atoms with Crippen LogP contribution in [0.2, 0.25) is 5.31 Å². The molecule has 2 rings (SSSR count). The van der Waals surface area contributed by atoms with Gasteiger partial charge in [-0.2, -0.15) is 0 Å². The van der Waals surface area contributed by atoms with Crippen LogP contribution in [0.3, 0.4) is 0 Å². The highest BCUT2D eigenvalue weighted by Crippen LogP contribution is 2.57. The summed E-state index contributed by atoms with van der Waals surface area (Å²) in [5.41, 5.74) is 4.68.